The molecule has 0 bridgehead atoms. The quantitative estimate of drug-likeness (QED) is 0.581. The topological polar surface area (TPSA) is 75.2 Å². The average Bonchev–Trinajstić information content (AvgIpc) is 2.84. The molecule has 1 aliphatic heterocycles. The van der Waals surface area contributed by atoms with Crippen molar-refractivity contribution >= 4 is 17.6 Å². The van der Waals surface area contributed by atoms with Crippen LogP contribution in [0.2, 0.25) is 0 Å². The van der Waals surface area contributed by atoms with E-state index in [4.69, 9.17) is 0 Å². The zero-order valence-electron chi connectivity index (χ0n) is 19.1. The van der Waals surface area contributed by atoms with E-state index in [-0.39, 0.29) is 17.7 Å². The Morgan fingerprint density at radius 2 is 1.68 bits per heavy atom. The Balaban J connectivity index is 1.37. The minimum Gasteiger partial charge on any atom is -0.337 e. The van der Waals surface area contributed by atoms with Crippen molar-refractivity contribution in [3.8, 4) is 11.1 Å². The number of nitrogens with zero attached hydrogens (tertiary/aromatic N) is 3. The van der Waals surface area contributed by atoms with Crippen LogP contribution in [0.15, 0.2) is 60.9 Å². The maximum atomic E-state index is 13.5. The molecule has 1 fully saturated rings. The summed E-state index contributed by atoms with van der Waals surface area (Å²) in [6.45, 7) is 4.92. The van der Waals surface area contributed by atoms with Crippen LogP contribution < -0.4 is 5.32 Å². The molecule has 0 atom stereocenters. The Labute approximate surface area is 197 Å². The molecule has 1 saturated heterocycles. The molecule has 176 valence electrons. The first-order valence-electron chi connectivity index (χ1n) is 11.2. The molecule has 4 rings (SSSR count). The number of carbonyl (C=O) groups excluding carboxylic acids is 2. The highest BCUT2D eigenvalue weighted by molar-refractivity contribution is 5.94. The third-order valence-electron chi connectivity index (χ3n) is 6.47. The van der Waals surface area contributed by atoms with Crippen LogP contribution in [0.3, 0.4) is 0 Å². The Hall–Kier alpha value is -3.68. The van der Waals surface area contributed by atoms with Crippen molar-refractivity contribution in [1.82, 2.24) is 14.9 Å². The summed E-state index contributed by atoms with van der Waals surface area (Å²) in [4.78, 5) is 35.9. The van der Waals surface area contributed by atoms with Crippen molar-refractivity contribution in [3.63, 3.8) is 0 Å². The summed E-state index contributed by atoms with van der Waals surface area (Å²) in [7, 11) is 0. The van der Waals surface area contributed by atoms with Gasteiger partial charge in [0.05, 0.1) is 0 Å². The molecule has 0 saturated carbocycles. The number of carbonyl (C=O) groups is 2. The van der Waals surface area contributed by atoms with Crippen LogP contribution in [-0.2, 0) is 4.79 Å². The van der Waals surface area contributed by atoms with Gasteiger partial charge in [0, 0.05) is 42.5 Å². The molecule has 8 heteroatoms. The highest BCUT2D eigenvalue weighted by Gasteiger charge is 2.39. The van der Waals surface area contributed by atoms with Crippen LogP contribution >= 0.6 is 0 Å². The molecule has 1 aliphatic rings. The van der Waals surface area contributed by atoms with E-state index >= 15 is 0 Å². The van der Waals surface area contributed by atoms with Crippen LogP contribution in [-0.4, -0.2) is 39.8 Å². The molecular formula is C26H26F2N4O2. The third kappa shape index (κ3) is 5.11. The van der Waals surface area contributed by atoms with E-state index in [1.54, 1.807) is 41.4 Å². The summed E-state index contributed by atoms with van der Waals surface area (Å²) in [5, 5.41) is 2.85. The van der Waals surface area contributed by atoms with Crippen LogP contribution in [0.25, 0.3) is 11.1 Å². The Morgan fingerprint density at radius 1 is 0.971 bits per heavy atom. The van der Waals surface area contributed by atoms with Gasteiger partial charge in [0.25, 0.3) is 5.91 Å². The zero-order valence-corrected chi connectivity index (χ0v) is 19.1. The van der Waals surface area contributed by atoms with E-state index < -0.39 is 17.0 Å². The molecule has 1 N–H and O–H groups in total. The predicted octanol–water partition coefficient (Wildman–Crippen LogP) is 4.94. The van der Waals surface area contributed by atoms with Gasteiger partial charge in [0.1, 0.15) is 23.1 Å². The molecule has 2 amide bonds. The van der Waals surface area contributed by atoms with Crippen LogP contribution in [0.5, 0.6) is 0 Å². The van der Waals surface area contributed by atoms with Gasteiger partial charge in [-0.25, -0.2) is 13.8 Å². The second-order valence-electron chi connectivity index (χ2n) is 9.05. The highest BCUT2D eigenvalue weighted by Crippen LogP contribution is 2.36. The monoisotopic (exact) mass is 464 g/mol. The van der Waals surface area contributed by atoms with Gasteiger partial charge in [-0.15, -0.1) is 0 Å². The fourth-order valence-electron chi connectivity index (χ4n) is 4.28. The SMILES string of the molecule is CC(C)(C(=O)Nc1ccc(-c2cc(F)cc(F)c2)cn1)C1CCN(C(=O)c2ccccn2)CC1. The van der Waals surface area contributed by atoms with Crippen LogP contribution in [0.4, 0.5) is 14.6 Å². The molecule has 0 aliphatic carbocycles. The number of aromatic nitrogens is 2. The number of halogens is 2. The van der Waals surface area contributed by atoms with E-state index in [1.165, 1.54) is 18.3 Å². The summed E-state index contributed by atoms with van der Waals surface area (Å²) >= 11 is 0. The van der Waals surface area contributed by atoms with Crippen molar-refractivity contribution < 1.29 is 18.4 Å². The molecule has 0 spiro atoms. The van der Waals surface area contributed by atoms with Gasteiger partial charge in [-0.2, -0.15) is 0 Å². The molecule has 1 aromatic carbocycles. The first-order chi connectivity index (χ1) is 16.2. The van der Waals surface area contributed by atoms with Crippen molar-refractivity contribution in [1.29, 1.82) is 0 Å². The minimum absolute atomic E-state index is 0.0924. The number of hydrogen-bond donors (Lipinski definition) is 1. The lowest BCUT2D eigenvalue weighted by atomic mass is 9.73. The van der Waals surface area contributed by atoms with E-state index in [9.17, 15) is 18.4 Å². The fraction of sp³-hybridized carbons (Fsp3) is 0.308. The molecular weight excluding hydrogens is 438 g/mol. The van der Waals surface area contributed by atoms with Crippen molar-refractivity contribution in [3.05, 3.63) is 78.3 Å². The molecule has 0 radical (unpaired) electrons. The second kappa shape index (κ2) is 9.67. The largest absolute Gasteiger partial charge is 0.337 e. The molecule has 3 aromatic rings. The van der Waals surface area contributed by atoms with Gasteiger partial charge < -0.3 is 10.2 Å². The number of pyridine rings is 2. The smallest absolute Gasteiger partial charge is 0.272 e. The lowest BCUT2D eigenvalue weighted by Crippen LogP contribution is -2.46. The number of piperidine rings is 1. The fourth-order valence-corrected chi connectivity index (χ4v) is 4.28. The maximum Gasteiger partial charge on any atom is 0.272 e. The summed E-state index contributed by atoms with van der Waals surface area (Å²) in [5.41, 5.74) is 0.663. The molecule has 0 unspecified atom stereocenters. The van der Waals surface area contributed by atoms with Crippen molar-refractivity contribution in [2.45, 2.75) is 26.7 Å². The van der Waals surface area contributed by atoms with Crippen molar-refractivity contribution in [2.24, 2.45) is 11.3 Å². The molecule has 34 heavy (non-hydrogen) atoms. The van der Waals surface area contributed by atoms with Gasteiger partial charge in [-0.1, -0.05) is 19.9 Å². The number of nitrogens with one attached hydrogen (secondary N) is 1. The first kappa shape index (κ1) is 23.5. The number of rotatable bonds is 5. The van der Waals surface area contributed by atoms with Gasteiger partial charge in [0.15, 0.2) is 0 Å². The van der Waals surface area contributed by atoms with E-state index in [2.05, 4.69) is 15.3 Å². The standard InChI is InChI=1S/C26H26F2N4O2/c1-26(2,19-8-11-32(12-9-19)24(33)22-5-3-4-10-29-22)25(34)31-23-7-6-17(16-30-23)18-13-20(27)15-21(28)14-18/h3-7,10,13-16,19H,8-9,11-12H2,1-2H3,(H,30,31,34). The first-order valence-corrected chi connectivity index (χ1v) is 11.2. The summed E-state index contributed by atoms with van der Waals surface area (Å²) in [5.74, 6) is -1.14. The lowest BCUT2D eigenvalue weighted by Gasteiger charge is -2.39. The molecule has 6 nitrogen and oxygen atoms in total. The van der Waals surface area contributed by atoms with Crippen LogP contribution in [0, 0.1) is 23.0 Å². The van der Waals surface area contributed by atoms with Gasteiger partial charge >= 0.3 is 0 Å². The van der Waals surface area contributed by atoms with Gasteiger partial charge in [0.2, 0.25) is 5.91 Å². The predicted molar refractivity (Wildman–Crippen MR) is 125 cm³/mol. The van der Waals surface area contributed by atoms with Crippen LogP contribution in [0.1, 0.15) is 37.2 Å². The van der Waals surface area contributed by atoms with E-state index in [0.717, 1.165) is 6.07 Å². The van der Waals surface area contributed by atoms with E-state index in [1.807, 2.05) is 13.8 Å². The zero-order chi connectivity index (χ0) is 24.3. The number of benzene rings is 1. The lowest BCUT2D eigenvalue weighted by molar-refractivity contribution is -0.127. The number of hydrogen-bond acceptors (Lipinski definition) is 4. The summed E-state index contributed by atoms with van der Waals surface area (Å²) in [6, 6.07) is 11.8. The normalized spacial score (nSPS) is 14.6. The Kier molecular flexibility index (Phi) is 6.68. The number of amides is 2. The number of likely N-dealkylation sites (tertiary alicyclic amines) is 1. The second-order valence-corrected chi connectivity index (χ2v) is 9.05. The molecule has 2 aromatic heterocycles. The maximum absolute atomic E-state index is 13.5. The highest BCUT2D eigenvalue weighted by atomic mass is 19.1. The van der Waals surface area contributed by atoms with E-state index in [0.29, 0.717) is 48.6 Å². The minimum atomic E-state index is -0.674. The van der Waals surface area contributed by atoms with Crippen molar-refractivity contribution in [2.75, 3.05) is 18.4 Å². The van der Waals surface area contributed by atoms with Gasteiger partial charge in [-0.05, 0) is 60.7 Å². The van der Waals surface area contributed by atoms with Gasteiger partial charge in [-0.3, -0.25) is 14.6 Å². The summed E-state index contributed by atoms with van der Waals surface area (Å²) < 4.78 is 27.0. The Bertz CT molecular complexity index is 1150. The average molecular weight is 465 g/mol. The Morgan fingerprint density at radius 3 is 2.26 bits per heavy atom. The summed E-state index contributed by atoms with van der Waals surface area (Å²) in [6.07, 6.45) is 4.48. The number of anilines is 1. The third-order valence-corrected chi connectivity index (χ3v) is 6.47. The molecule has 3 heterocycles.